The van der Waals surface area contributed by atoms with Crippen molar-refractivity contribution in [2.24, 2.45) is 5.41 Å². The van der Waals surface area contributed by atoms with Crippen molar-refractivity contribution in [3.63, 3.8) is 0 Å². The topological polar surface area (TPSA) is 65.1 Å². The van der Waals surface area contributed by atoms with Gasteiger partial charge in [0.1, 0.15) is 12.0 Å². The van der Waals surface area contributed by atoms with E-state index in [0.29, 0.717) is 0 Å². The normalized spacial score (nSPS) is 19.6. The van der Waals surface area contributed by atoms with Gasteiger partial charge >= 0.3 is 12.1 Å². The largest absolute Gasteiger partial charge is 0.468 e. The molecule has 41 heavy (non-hydrogen) atoms. The molecule has 0 bridgehead atoms. The predicted octanol–water partition coefficient (Wildman–Crippen LogP) is 5.40. The van der Waals surface area contributed by atoms with Gasteiger partial charge in [0.05, 0.1) is 13.2 Å². The molecule has 0 aromatic heterocycles. The highest BCUT2D eigenvalue weighted by molar-refractivity contribution is 6.99. The number of ether oxygens (including phenoxy) is 2. The van der Waals surface area contributed by atoms with E-state index in [2.05, 4.69) is 20.8 Å². The monoisotopic (exact) mass is 581 g/mol. The molecule has 1 saturated heterocycles. The summed E-state index contributed by atoms with van der Waals surface area (Å²) in [7, 11) is -2.11. The fraction of sp³-hybridized carbons (Fsp3) is 0.375. The van der Waals surface area contributed by atoms with Crippen LogP contribution in [0.3, 0.4) is 0 Å². The van der Waals surface area contributed by atoms with Gasteiger partial charge in [-0.2, -0.15) is 0 Å². The maximum atomic E-state index is 14.9. The average Bonchev–Trinajstić information content (AvgIpc) is 2.98. The lowest BCUT2D eigenvalue weighted by atomic mass is 9.79. The number of carbonyl (C=O) groups excluding carboxylic acids is 2. The van der Waals surface area contributed by atoms with Crippen LogP contribution in [0.2, 0.25) is 5.04 Å². The van der Waals surface area contributed by atoms with Crippen LogP contribution in [-0.4, -0.2) is 58.0 Å². The van der Waals surface area contributed by atoms with E-state index in [0.717, 1.165) is 27.9 Å². The maximum absolute atomic E-state index is 14.9. The average molecular weight is 582 g/mol. The zero-order chi connectivity index (χ0) is 29.7. The molecule has 2 unspecified atom stereocenters. The van der Waals surface area contributed by atoms with Crippen LogP contribution in [0, 0.1) is 5.41 Å². The molecule has 1 aliphatic heterocycles. The molecule has 1 amide bonds. The minimum atomic E-state index is -3.19. The van der Waals surface area contributed by atoms with Crippen molar-refractivity contribution in [3.8, 4) is 0 Å². The number of rotatable bonds is 8. The minimum absolute atomic E-state index is 0.0103. The number of piperidine rings is 1. The summed E-state index contributed by atoms with van der Waals surface area (Å²) in [5, 5.41) is 1.48. The van der Waals surface area contributed by atoms with Gasteiger partial charge in [-0.25, -0.2) is 13.6 Å². The van der Waals surface area contributed by atoms with E-state index >= 15 is 0 Å². The second-order valence-electron chi connectivity index (χ2n) is 11.5. The Morgan fingerprint density at radius 1 is 0.927 bits per heavy atom. The van der Waals surface area contributed by atoms with Gasteiger partial charge in [0.2, 0.25) is 0 Å². The lowest BCUT2D eigenvalue weighted by Crippen LogP contribution is -2.70. The van der Waals surface area contributed by atoms with E-state index in [1.165, 1.54) is 0 Å². The molecule has 218 valence electrons. The van der Waals surface area contributed by atoms with Crippen LogP contribution in [0.15, 0.2) is 91.0 Å². The number of carbonyl (C=O) groups is 2. The summed E-state index contributed by atoms with van der Waals surface area (Å²) in [5.74, 6) is -1.08. The highest BCUT2D eigenvalue weighted by Crippen LogP contribution is 2.43. The standard InChI is InChI=1S/C32H37F2NO5Si/c1-31(2,3)41(26-16-10-6-11-17-26,27-18-12-7-13-19-27)40-25-20-32(28(33)34,29(36)38-4)23-35(21-25)30(37)39-22-24-14-8-5-9-15-24/h5-19,25,28H,20-23H2,1-4H3. The first-order valence-corrected chi connectivity index (χ1v) is 15.6. The van der Waals surface area contributed by atoms with Gasteiger partial charge in [-0.15, -0.1) is 0 Å². The number of hydrogen-bond acceptors (Lipinski definition) is 5. The molecule has 0 radical (unpaired) electrons. The van der Waals surface area contributed by atoms with E-state index < -0.39 is 49.9 Å². The molecular formula is C32H37F2NO5Si. The van der Waals surface area contributed by atoms with Crippen molar-refractivity contribution in [3.05, 3.63) is 96.6 Å². The summed E-state index contributed by atoms with van der Waals surface area (Å²) < 4.78 is 47.2. The fourth-order valence-corrected chi connectivity index (χ4v) is 10.4. The number of amides is 1. The molecule has 3 aromatic rings. The molecule has 1 aliphatic rings. The van der Waals surface area contributed by atoms with E-state index in [9.17, 15) is 18.4 Å². The molecular weight excluding hydrogens is 544 g/mol. The lowest BCUT2D eigenvalue weighted by Gasteiger charge is -2.49. The molecule has 6 nitrogen and oxygen atoms in total. The highest BCUT2D eigenvalue weighted by atomic mass is 28.4. The first-order valence-electron chi connectivity index (χ1n) is 13.6. The minimum Gasteiger partial charge on any atom is -0.468 e. The quantitative estimate of drug-likeness (QED) is 0.263. The summed E-state index contributed by atoms with van der Waals surface area (Å²) in [6.45, 7) is 5.66. The van der Waals surface area contributed by atoms with Gasteiger partial charge in [0, 0.05) is 13.1 Å². The molecule has 3 aromatic carbocycles. The number of likely N-dealkylation sites (tertiary alicyclic amines) is 1. The SMILES string of the molecule is COC(=O)C1(C(F)F)CC(O[Si](c2ccccc2)(c2ccccc2)C(C)(C)C)CN(C(=O)OCc2ccccc2)C1. The summed E-state index contributed by atoms with van der Waals surface area (Å²) in [4.78, 5) is 27.5. The Kier molecular flexibility index (Phi) is 9.29. The molecule has 0 spiro atoms. The van der Waals surface area contributed by atoms with Crippen LogP contribution in [0.5, 0.6) is 0 Å². The van der Waals surface area contributed by atoms with E-state index in [1.807, 2.05) is 78.9 Å². The van der Waals surface area contributed by atoms with Crippen molar-refractivity contribution in [1.29, 1.82) is 0 Å². The highest BCUT2D eigenvalue weighted by Gasteiger charge is 2.58. The molecule has 1 heterocycles. The Balaban J connectivity index is 1.77. The third-order valence-corrected chi connectivity index (χ3v) is 12.8. The van der Waals surface area contributed by atoms with Crippen LogP contribution >= 0.6 is 0 Å². The van der Waals surface area contributed by atoms with Crippen molar-refractivity contribution in [2.75, 3.05) is 20.2 Å². The Morgan fingerprint density at radius 3 is 1.90 bits per heavy atom. The number of hydrogen-bond donors (Lipinski definition) is 0. The maximum Gasteiger partial charge on any atom is 0.410 e. The third kappa shape index (κ3) is 6.21. The predicted molar refractivity (Wildman–Crippen MR) is 156 cm³/mol. The third-order valence-electron chi connectivity index (χ3n) is 7.72. The number of methoxy groups -OCH3 is 1. The van der Waals surface area contributed by atoms with Crippen LogP contribution < -0.4 is 10.4 Å². The Morgan fingerprint density at radius 2 is 1.44 bits per heavy atom. The van der Waals surface area contributed by atoms with Gasteiger partial charge < -0.3 is 18.8 Å². The van der Waals surface area contributed by atoms with Gasteiger partial charge in [-0.05, 0) is 27.4 Å². The van der Waals surface area contributed by atoms with Crippen molar-refractivity contribution in [2.45, 2.75) is 51.4 Å². The van der Waals surface area contributed by atoms with Gasteiger partial charge in [0.15, 0.2) is 0 Å². The van der Waals surface area contributed by atoms with Crippen molar-refractivity contribution < 1.29 is 32.3 Å². The molecule has 1 fully saturated rings. The van der Waals surface area contributed by atoms with E-state index in [-0.39, 0.29) is 19.6 Å². The Labute approximate surface area is 241 Å². The summed E-state index contributed by atoms with van der Waals surface area (Å²) >= 11 is 0. The molecule has 0 N–H and O–H groups in total. The van der Waals surface area contributed by atoms with Crippen LogP contribution in [0.4, 0.5) is 13.6 Å². The lowest BCUT2D eigenvalue weighted by molar-refractivity contribution is -0.173. The Hall–Kier alpha value is -3.56. The van der Waals surface area contributed by atoms with E-state index in [1.54, 1.807) is 12.1 Å². The smallest absolute Gasteiger partial charge is 0.410 e. The second kappa shape index (κ2) is 12.5. The number of halogens is 2. The fourth-order valence-electron chi connectivity index (χ4n) is 5.75. The van der Waals surface area contributed by atoms with Gasteiger partial charge in [0.25, 0.3) is 14.7 Å². The first-order chi connectivity index (χ1) is 19.5. The molecule has 9 heteroatoms. The number of nitrogens with zero attached hydrogens (tertiary/aromatic N) is 1. The summed E-state index contributed by atoms with van der Waals surface area (Å²) in [6, 6.07) is 28.6. The molecule has 4 rings (SSSR count). The Bertz CT molecular complexity index is 1260. The molecule has 0 saturated carbocycles. The first kappa shape index (κ1) is 30.4. The zero-order valence-electron chi connectivity index (χ0n) is 23.9. The number of benzene rings is 3. The van der Waals surface area contributed by atoms with E-state index in [4.69, 9.17) is 13.9 Å². The number of esters is 1. The van der Waals surface area contributed by atoms with Gasteiger partial charge in [-0.3, -0.25) is 4.79 Å². The van der Waals surface area contributed by atoms with Crippen LogP contribution in [0.1, 0.15) is 32.8 Å². The van der Waals surface area contributed by atoms with Crippen LogP contribution in [-0.2, 0) is 25.3 Å². The molecule has 2 atom stereocenters. The second-order valence-corrected chi connectivity index (χ2v) is 15.7. The van der Waals surface area contributed by atoms with Crippen molar-refractivity contribution in [1.82, 2.24) is 4.90 Å². The van der Waals surface area contributed by atoms with Gasteiger partial charge in [-0.1, -0.05) is 112 Å². The summed E-state index contributed by atoms with van der Waals surface area (Å²) in [6.07, 6.45) is -5.08. The van der Waals surface area contributed by atoms with Crippen LogP contribution in [0.25, 0.3) is 0 Å². The zero-order valence-corrected chi connectivity index (χ0v) is 24.9. The number of alkyl halides is 2. The van der Waals surface area contributed by atoms with Crippen molar-refractivity contribution >= 4 is 30.8 Å². The summed E-state index contributed by atoms with van der Waals surface area (Å²) in [5.41, 5.74) is -1.51. The molecule has 0 aliphatic carbocycles.